The Morgan fingerprint density at radius 1 is 1.00 bits per heavy atom. The van der Waals surface area contributed by atoms with E-state index in [4.69, 9.17) is 14.2 Å². The Hall–Kier alpha value is -2.69. The summed E-state index contributed by atoms with van der Waals surface area (Å²) in [5.41, 5.74) is 0.538. The highest BCUT2D eigenvalue weighted by molar-refractivity contribution is 5.89. The van der Waals surface area contributed by atoms with E-state index in [0.29, 0.717) is 5.56 Å². The maximum atomic E-state index is 12.1. The van der Waals surface area contributed by atoms with Gasteiger partial charge in [0.15, 0.2) is 0 Å². The number of esters is 1. The number of hydrogen-bond donors (Lipinski definition) is 5. The second-order valence-electron chi connectivity index (χ2n) is 6.55. The topological polar surface area (TPSA) is 146 Å². The van der Waals surface area contributed by atoms with Gasteiger partial charge in [-0.05, 0) is 30.3 Å². The first-order chi connectivity index (χ1) is 13.9. The molecule has 9 nitrogen and oxygen atoms in total. The summed E-state index contributed by atoms with van der Waals surface area (Å²) in [4.78, 5) is 12.1. The molecule has 2 aromatic carbocycles. The van der Waals surface area contributed by atoms with E-state index >= 15 is 0 Å². The normalized spacial score (nSPS) is 26.7. The number of benzene rings is 2. The number of hydrogen-bond acceptors (Lipinski definition) is 9. The fourth-order valence-corrected chi connectivity index (χ4v) is 2.90. The molecule has 0 aromatic heterocycles. The predicted octanol–water partition coefficient (Wildman–Crippen LogP) is -0.0721. The molecule has 1 saturated heterocycles. The van der Waals surface area contributed by atoms with Crippen molar-refractivity contribution < 1.29 is 44.5 Å². The van der Waals surface area contributed by atoms with Crippen molar-refractivity contribution in [1.82, 2.24) is 0 Å². The first kappa shape index (κ1) is 21.0. The summed E-state index contributed by atoms with van der Waals surface area (Å²) in [6.45, 7) is -0.836. The summed E-state index contributed by atoms with van der Waals surface area (Å²) in [6.07, 6.45) is -7.33. The first-order valence-corrected chi connectivity index (χ1v) is 8.92. The zero-order chi connectivity index (χ0) is 21.0. The SMILES string of the molecule is O=C(OC[C@H]1O[C@@H](Oc2ccc(O)cc2CO)[C@H](O)[C@@H](O)[C@@H]1O)c1ccccc1. The third-order valence-corrected chi connectivity index (χ3v) is 4.51. The fraction of sp³-hybridized carbons (Fsp3) is 0.350. The van der Waals surface area contributed by atoms with Crippen molar-refractivity contribution in [3.8, 4) is 11.5 Å². The molecule has 3 rings (SSSR count). The van der Waals surface area contributed by atoms with Crippen LogP contribution in [0, 0.1) is 0 Å². The van der Waals surface area contributed by atoms with Gasteiger partial charge >= 0.3 is 5.97 Å². The molecule has 9 heteroatoms. The second-order valence-corrected chi connectivity index (χ2v) is 6.55. The maximum Gasteiger partial charge on any atom is 0.338 e. The molecule has 1 fully saturated rings. The molecule has 0 radical (unpaired) electrons. The van der Waals surface area contributed by atoms with Crippen LogP contribution in [0.5, 0.6) is 11.5 Å². The molecule has 29 heavy (non-hydrogen) atoms. The van der Waals surface area contributed by atoms with E-state index < -0.39 is 43.3 Å². The molecule has 0 amide bonds. The van der Waals surface area contributed by atoms with Gasteiger partial charge in [0.05, 0.1) is 12.2 Å². The molecule has 0 unspecified atom stereocenters. The van der Waals surface area contributed by atoms with Crippen LogP contribution >= 0.6 is 0 Å². The average Bonchev–Trinajstić information content (AvgIpc) is 2.74. The summed E-state index contributed by atoms with van der Waals surface area (Å²) < 4.78 is 16.2. The Bertz CT molecular complexity index is 826. The Labute approximate surface area is 166 Å². The van der Waals surface area contributed by atoms with E-state index in [0.717, 1.165) is 0 Å². The Balaban J connectivity index is 1.69. The van der Waals surface area contributed by atoms with Crippen molar-refractivity contribution >= 4 is 5.97 Å². The molecule has 1 aliphatic rings. The van der Waals surface area contributed by atoms with E-state index in [1.807, 2.05) is 0 Å². The third kappa shape index (κ3) is 4.84. The van der Waals surface area contributed by atoms with Gasteiger partial charge < -0.3 is 39.7 Å². The van der Waals surface area contributed by atoms with Crippen LogP contribution in [-0.2, 0) is 16.1 Å². The number of ether oxygens (including phenoxy) is 3. The van der Waals surface area contributed by atoms with Crippen LogP contribution in [0.25, 0.3) is 0 Å². The molecule has 1 heterocycles. The van der Waals surface area contributed by atoms with Crippen LogP contribution in [0.1, 0.15) is 15.9 Å². The number of aliphatic hydroxyl groups excluding tert-OH is 4. The molecular formula is C20H22O9. The predicted molar refractivity (Wildman–Crippen MR) is 98.1 cm³/mol. The van der Waals surface area contributed by atoms with Crippen molar-refractivity contribution in [2.75, 3.05) is 6.61 Å². The average molecular weight is 406 g/mol. The number of rotatable bonds is 6. The lowest BCUT2D eigenvalue weighted by Crippen LogP contribution is -2.60. The molecule has 1 aliphatic heterocycles. The summed E-state index contributed by atoms with van der Waals surface area (Å²) in [6, 6.07) is 12.2. The number of aromatic hydroxyl groups is 1. The lowest BCUT2D eigenvalue weighted by molar-refractivity contribution is -0.277. The first-order valence-electron chi connectivity index (χ1n) is 8.92. The Morgan fingerprint density at radius 2 is 1.72 bits per heavy atom. The van der Waals surface area contributed by atoms with E-state index in [-0.39, 0.29) is 23.7 Å². The van der Waals surface area contributed by atoms with Gasteiger partial charge in [-0.15, -0.1) is 0 Å². The van der Waals surface area contributed by atoms with Crippen LogP contribution in [0.3, 0.4) is 0 Å². The number of phenolic OH excluding ortho intramolecular Hbond substituents is 1. The molecule has 0 bridgehead atoms. The van der Waals surface area contributed by atoms with Gasteiger partial charge in [-0.2, -0.15) is 0 Å². The zero-order valence-electron chi connectivity index (χ0n) is 15.3. The smallest absolute Gasteiger partial charge is 0.338 e. The molecule has 0 spiro atoms. The van der Waals surface area contributed by atoms with Gasteiger partial charge in [-0.25, -0.2) is 4.79 Å². The van der Waals surface area contributed by atoms with Gasteiger partial charge in [0, 0.05) is 5.56 Å². The van der Waals surface area contributed by atoms with Crippen molar-refractivity contribution in [2.45, 2.75) is 37.3 Å². The molecule has 2 aromatic rings. The minimum atomic E-state index is -1.62. The van der Waals surface area contributed by atoms with Crippen molar-refractivity contribution in [3.63, 3.8) is 0 Å². The fourth-order valence-electron chi connectivity index (χ4n) is 2.90. The minimum absolute atomic E-state index is 0.0901. The van der Waals surface area contributed by atoms with Crippen molar-refractivity contribution in [2.24, 2.45) is 0 Å². The van der Waals surface area contributed by atoms with Crippen LogP contribution in [0.4, 0.5) is 0 Å². The van der Waals surface area contributed by atoms with Gasteiger partial charge in [0.1, 0.15) is 42.5 Å². The van der Waals surface area contributed by atoms with Crippen molar-refractivity contribution in [3.05, 3.63) is 59.7 Å². The van der Waals surface area contributed by atoms with Crippen LogP contribution in [-0.4, -0.2) is 68.8 Å². The largest absolute Gasteiger partial charge is 0.508 e. The molecular weight excluding hydrogens is 384 g/mol. The second kappa shape index (κ2) is 9.21. The molecule has 0 aliphatic carbocycles. The third-order valence-electron chi connectivity index (χ3n) is 4.51. The van der Waals surface area contributed by atoms with Crippen LogP contribution < -0.4 is 4.74 Å². The number of aliphatic hydroxyl groups is 4. The van der Waals surface area contributed by atoms with E-state index in [9.17, 15) is 30.3 Å². The van der Waals surface area contributed by atoms with Gasteiger partial charge in [0.2, 0.25) is 6.29 Å². The number of carbonyl (C=O) groups is 1. The lowest BCUT2D eigenvalue weighted by atomic mass is 9.99. The van der Waals surface area contributed by atoms with Crippen LogP contribution in [0.15, 0.2) is 48.5 Å². The molecule has 5 atom stereocenters. The van der Waals surface area contributed by atoms with Gasteiger partial charge in [-0.3, -0.25) is 0 Å². The molecule has 5 N–H and O–H groups in total. The van der Waals surface area contributed by atoms with Gasteiger partial charge in [0.25, 0.3) is 0 Å². The van der Waals surface area contributed by atoms with E-state index in [1.165, 1.54) is 18.2 Å². The quantitative estimate of drug-likeness (QED) is 0.416. The number of carbonyl (C=O) groups excluding carboxylic acids is 1. The molecule has 156 valence electrons. The Kier molecular flexibility index (Phi) is 6.68. The standard InChI is InChI=1S/C20H22O9/c21-9-12-8-13(22)6-7-14(12)28-20-18(25)17(24)16(23)15(29-20)10-27-19(26)11-4-2-1-3-5-11/h1-8,15-18,20-25H,9-10H2/t15-,16-,17+,18-,20-/m1/s1. The highest BCUT2D eigenvalue weighted by Crippen LogP contribution is 2.29. The van der Waals surface area contributed by atoms with Gasteiger partial charge in [-0.1, -0.05) is 18.2 Å². The minimum Gasteiger partial charge on any atom is -0.508 e. The summed E-state index contributed by atoms with van der Waals surface area (Å²) in [5, 5.41) is 49.4. The maximum absolute atomic E-state index is 12.1. The summed E-state index contributed by atoms with van der Waals surface area (Å²) in [5.74, 6) is -0.619. The van der Waals surface area contributed by atoms with Crippen LogP contribution in [0.2, 0.25) is 0 Å². The zero-order valence-corrected chi connectivity index (χ0v) is 15.3. The Morgan fingerprint density at radius 3 is 2.41 bits per heavy atom. The van der Waals surface area contributed by atoms with E-state index in [1.54, 1.807) is 30.3 Å². The lowest BCUT2D eigenvalue weighted by Gasteiger charge is -2.40. The highest BCUT2D eigenvalue weighted by Gasteiger charge is 2.45. The highest BCUT2D eigenvalue weighted by atomic mass is 16.7. The summed E-state index contributed by atoms with van der Waals surface area (Å²) >= 11 is 0. The molecule has 0 saturated carbocycles. The van der Waals surface area contributed by atoms with Crippen molar-refractivity contribution in [1.29, 1.82) is 0 Å². The summed E-state index contributed by atoms with van der Waals surface area (Å²) in [7, 11) is 0. The monoisotopic (exact) mass is 406 g/mol. The number of phenols is 1. The van der Waals surface area contributed by atoms with E-state index in [2.05, 4.69) is 0 Å².